The maximum absolute atomic E-state index is 5.82. The average Bonchev–Trinajstić information content (AvgIpc) is 2.79. The lowest BCUT2D eigenvalue weighted by Crippen LogP contribution is -2.43. The molecule has 2 saturated heterocycles. The standard InChI is InChI=1S/C11H19NO/c1-7(8-2-3-8)12-10-6-9-4-5-11(10)13-9/h7-12H,2-6H2,1H3. The van der Waals surface area contributed by atoms with Crippen LogP contribution in [0, 0.1) is 5.92 Å². The summed E-state index contributed by atoms with van der Waals surface area (Å²) in [5, 5.41) is 3.75. The molecule has 4 unspecified atom stereocenters. The third-order valence-electron chi connectivity index (χ3n) is 3.91. The van der Waals surface area contributed by atoms with E-state index in [0.29, 0.717) is 18.2 Å². The lowest BCUT2D eigenvalue weighted by molar-refractivity contribution is 0.0959. The number of hydrogen-bond acceptors (Lipinski definition) is 2. The van der Waals surface area contributed by atoms with Crippen LogP contribution in [0.15, 0.2) is 0 Å². The zero-order chi connectivity index (χ0) is 8.84. The van der Waals surface area contributed by atoms with Gasteiger partial charge in [0.15, 0.2) is 0 Å². The van der Waals surface area contributed by atoms with Crippen LogP contribution in [0.4, 0.5) is 0 Å². The summed E-state index contributed by atoms with van der Waals surface area (Å²) in [6.07, 6.45) is 7.88. The van der Waals surface area contributed by atoms with Gasteiger partial charge in [-0.15, -0.1) is 0 Å². The highest BCUT2D eigenvalue weighted by molar-refractivity contribution is 4.96. The Hall–Kier alpha value is -0.0800. The summed E-state index contributed by atoms with van der Waals surface area (Å²) in [6, 6.07) is 1.40. The van der Waals surface area contributed by atoms with E-state index in [-0.39, 0.29) is 0 Å². The molecule has 3 fully saturated rings. The van der Waals surface area contributed by atoms with E-state index in [9.17, 15) is 0 Å². The number of fused-ring (bicyclic) bond motifs is 2. The van der Waals surface area contributed by atoms with Gasteiger partial charge in [-0.05, 0) is 44.9 Å². The van der Waals surface area contributed by atoms with Crippen LogP contribution in [0.3, 0.4) is 0 Å². The van der Waals surface area contributed by atoms with Crippen LogP contribution >= 0.6 is 0 Å². The van der Waals surface area contributed by atoms with Gasteiger partial charge in [-0.2, -0.15) is 0 Å². The first kappa shape index (κ1) is 8.25. The summed E-state index contributed by atoms with van der Waals surface area (Å²) in [5.74, 6) is 0.971. The van der Waals surface area contributed by atoms with Crippen LogP contribution < -0.4 is 5.32 Å². The third kappa shape index (κ3) is 1.50. The van der Waals surface area contributed by atoms with Gasteiger partial charge in [0.2, 0.25) is 0 Å². The Morgan fingerprint density at radius 1 is 1.23 bits per heavy atom. The smallest absolute Gasteiger partial charge is 0.0733 e. The lowest BCUT2D eigenvalue weighted by atomic mass is 9.94. The van der Waals surface area contributed by atoms with Gasteiger partial charge in [-0.1, -0.05) is 0 Å². The minimum atomic E-state index is 0.547. The molecule has 0 radical (unpaired) electrons. The summed E-state index contributed by atoms with van der Waals surface area (Å²) in [7, 11) is 0. The molecule has 1 saturated carbocycles. The summed E-state index contributed by atoms with van der Waals surface area (Å²) in [6.45, 7) is 2.34. The number of rotatable bonds is 3. The van der Waals surface area contributed by atoms with Gasteiger partial charge in [0, 0.05) is 12.1 Å². The van der Waals surface area contributed by atoms with Gasteiger partial charge in [0.05, 0.1) is 12.2 Å². The molecule has 2 aliphatic heterocycles. The maximum Gasteiger partial charge on any atom is 0.0733 e. The number of hydrogen-bond donors (Lipinski definition) is 1. The predicted octanol–water partition coefficient (Wildman–Crippen LogP) is 1.69. The molecule has 0 aromatic rings. The fourth-order valence-electron chi connectivity index (χ4n) is 2.88. The molecule has 2 bridgehead atoms. The molecule has 2 nitrogen and oxygen atoms in total. The fourth-order valence-corrected chi connectivity index (χ4v) is 2.88. The fraction of sp³-hybridized carbons (Fsp3) is 1.00. The molecular weight excluding hydrogens is 162 g/mol. The van der Waals surface area contributed by atoms with Crippen molar-refractivity contribution in [1.29, 1.82) is 0 Å². The molecule has 3 aliphatic rings. The Kier molecular flexibility index (Phi) is 1.88. The molecule has 3 rings (SSSR count). The maximum atomic E-state index is 5.82. The molecule has 1 aliphatic carbocycles. The Morgan fingerprint density at radius 3 is 2.62 bits per heavy atom. The Bertz CT molecular complexity index is 202. The summed E-state index contributed by atoms with van der Waals surface area (Å²) in [4.78, 5) is 0. The zero-order valence-electron chi connectivity index (χ0n) is 8.33. The predicted molar refractivity (Wildman–Crippen MR) is 51.6 cm³/mol. The normalized spacial score (nSPS) is 45.5. The average molecular weight is 181 g/mol. The highest BCUT2D eigenvalue weighted by Crippen LogP contribution is 2.37. The van der Waals surface area contributed by atoms with Crippen molar-refractivity contribution in [3.63, 3.8) is 0 Å². The third-order valence-corrected chi connectivity index (χ3v) is 3.91. The van der Waals surface area contributed by atoms with E-state index in [1.54, 1.807) is 0 Å². The van der Waals surface area contributed by atoms with Crippen LogP contribution in [0.1, 0.15) is 39.0 Å². The van der Waals surface area contributed by atoms with Gasteiger partial charge in [0.1, 0.15) is 0 Å². The first-order valence-electron chi connectivity index (χ1n) is 5.74. The van der Waals surface area contributed by atoms with Crippen molar-refractivity contribution in [2.24, 2.45) is 5.92 Å². The topological polar surface area (TPSA) is 21.3 Å². The van der Waals surface area contributed by atoms with Gasteiger partial charge >= 0.3 is 0 Å². The molecule has 1 N–H and O–H groups in total. The Morgan fingerprint density at radius 2 is 2.08 bits per heavy atom. The van der Waals surface area contributed by atoms with Crippen molar-refractivity contribution < 1.29 is 4.74 Å². The summed E-state index contributed by atoms with van der Waals surface area (Å²) >= 11 is 0. The zero-order valence-corrected chi connectivity index (χ0v) is 8.33. The molecular formula is C11H19NO. The van der Waals surface area contributed by atoms with E-state index in [1.807, 2.05) is 0 Å². The molecule has 2 heteroatoms. The van der Waals surface area contributed by atoms with Gasteiger partial charge in [-0.25, -0.2) is 0 Å². The highest BCUT2D eigenvalue weighted by Gasteiger charge is 2.42. The minimum Gasteiger partial charge on any atom is -0.373 e. The van der Waals surface area contributed by atoms with Crippen molar-refractivity contribution in [2.75, 3.05) is 0 Å². The van der Waals surface area contributed by atoms with Gasteiger partial charge in [0.25, 0.3) is 0 Å². The summed E-state index contributed by atoms with van der Waals surface area (Å²) in [5.41, 5.74) is 0. The quantitative estimate of drug-likeness (QED) is 0.715. The second kappa shape index (κ2) is 2.96. The van der Waals surface area contributed by atoms with E-state index >= 15 is 0 Å². The first-order valence-corrected chi connectivity index (χ1v) is 5.74. The second-order valence-electron chi connectivity index (χ2n) is 5.01. The van der Waals surface area contributed by atoms with Crippen LogP contribution in [0.5, 0.6) is 0 Å². The number of nitrogens with one attached hydrogen (secondary N) is 1. The summed E-state index contributed by atoms with van der Waals surface area (Å²) < 4.78 is 5.82. The lowest BCUT2D eigenvalue weighted by Gasteiger charge is -2.24. The van der Waals surface area contributed by atoms with Crippen molar-refractivity contribution in [1.82, 2.24) is 5.32 Å². The van der Waals surface area contributed by atoms with Crippen LogP contribution in [-0.4, -0.2) is 24.3 Å². The molecule has 2 heterocycles. The highest BCUT2D eigenvalue weighted by atomic mass is 16.5. The van der Waals surface area contributed by atoms with Crippen molar-refractivity contribution >= 4 is 0 Å². The van der Waals surface area contributed by atoms with Gasteiger partial charge in [-0.3, -0.25) is 0 Å². The van der Waals surface area contributed by atoms with E-state index in [0.717, 1.165) is 12.0 Å². The van der Waals surface area contributed by atoms with Crippen LogP contribution in [0.2, 0.25) is 0 Å². The van der Waals surface area contributed by atoms with E-state index in [1.165, 1.54) is 32.1 Å². The molecule has 0 aromatic carbocycles. The van der Waals surface area contributed by atoms with Crippen molar-refractivity contribution in [3.05, 3.63) is 0 Å². The van der Waals surface area contributed by atoms with E-state index in [2.05, 4.69) is 12.2 Å². The molecule has 0 spiro atoms. The van der Waals surface area contributed by atoms with E-state index in [4.69, 9.17) is 4.74 Å². The van der Waals surface area contributed by atoms with Crippen molar-refractivity contribution in [3.8, 4) is 0 Å². The van der Waals surface area contributed by atoms with Crippen LogP contribution in [-0.2, 0) is 4.74 Å². The monoisotopic (exact) mass is 181 g/mol. The Balaban J connectivity index is 1.55. The molecule has 4 atom stereocenters. The molecule has 0 amide bonds. The molecule has 13 heavy (non-hydrogen) atoms. The Labute approximate surface area is 80.0 Å². The van der Waals surface area contributed by atoms with E-state index < -0.39 is 0 Å². The van der Waals surface area contributed by atoms with Crippen molar-refractivity contribution in [2.45, 2.75) is 63.3 Å². The first-order chi connectivity index (χ1) is 6.33. The minimum absolute atomic E-state index is 0.547. The molecule has 74 valence electrons. The number of ether oxygens (including phenoxy) is 1. The largest absolute Gasteiger partial charge is 0.373 e. The molecule has 0 aromatic heterocycles. The second-order valence-corrected chi connectivity index (χ2v) is 5.01. The van der Waals surface area contributed by atoms with Gasteiger partial charge < -0.3 is 10.1 Å². The van der Waals surface area contributed by atoms with Crippen LogP contribution in [0.25, 0.3) is 0 Å². The SMILES string of the molecule is CC(NC1CC2CCC1O2)C1CC1.